The zero-order chi connectivity index (χ0) is 21.6. The van der Waals surface area contributed by atoms with Crippen LogP contribution in [0, 0.1) is 0 Å². The van der Waals surface area contributed by atoms with E-state index in [-0.39, 0.29) is 5.91 Å². The summed E-state index contributed by atoms with van der Waals surface area (Å²) in [6, 6.07) is 25.6. The zero-order valence-electron chi connectivity index (χ0n) is 17.6. The van der Waals surface area contributed by atoms with E-state index in [1.807, 2.05) is 55.5 Å². The quantitative estimate of drug-likeness (QED) is 0.245. The van der Waals surface area contributed by atoms with Crippen molar-refractivity contribution in [2.75, 3.05) is 11.9 Å². The minimum Gasteiger partial charge on any atom is -0.494 e. The summed E-state index contributed by atoms with van der Waals surface area (Å²) in [4.78, 5) is 12.5. The molecule has 1 amide bonds. The molecule has 4 rings (SSSR count). The Kier molecular flexibility index (Phi) is 6.13. The van der Waals surface area contributed by atoms with E-state index in [0.717, 1.165) is 38.5 Å². The lowest BCUT2D eigenvalue weighted by atomic mass is 9.97. The van der Waals surface area contributed by atoms with Gasteiger partial charge >= 0.3 is 0 Å². The molecule has 0 radical (unpaired) electrons. The number of hydrogen-bond acceptors (Lipinski definition) is 4. The number of anilines is 1. The second-order valence-electron chi connectivity index (χ2n) is 7.29. The monoisotopic (exact) mass is 411 g/mol. The molecule has 2 N–H and O–H groups in total. The van der Waals surface area contributed by atoms with Crippen LogP contribution in [0.2, 0.25) is 0 Å². The molecule has 0 aliphatic carbocycles. The summed E-state index contributed by atoms with van der Waals surface area (Å²) in [5, 5.41) is 11.9. The molecule has 0 fully saturated rings. The number of rotatable bonds is 7. The van der Waals surface area contributed by atoms with Crippen molar-refractivity contribution in [2.24, 2.45) is 5.10 Å². The minimum absolute atomic E-state index is 0.213. The number of hydrogen-bond donors (Lipinski definition) is 2. The van der Waals surface area contributed by atoms with E-state index in [1.165, 1.54) is 0 Å². The van der Waals surface area contributed by atoms with Crippen molar-refractivity contribution in [1.82, 2.24) is 5.43 Å². The molecule has 0 aliphatic rings. The first-order valence-electron chi connectivity index (χ1n) is 10.4. The number of nitrogens with one attached hydrogen (secondary N) is 2. The van der Waals surface area contributed by atoms with E-state index in [0.29, 0.717) is 6.61 Å². The predicted octanol–water partition coefficient (Wildman–Crippen LogP) is 5.34. The highest BCUT2D eigenvalue weighted by Gasteiger charge is 2.12. The first-order valence-corrected chi connectivity index (χ1v) is 10.4. The number of amides is 1. The molecule has 4 aromatic rings. The van der Waals surface area contributed by atoms with Gasteiger partial charge in [-0.15, -0.1) is 0 Å². The van der Waals surface area contributed by atoms with Crippen LogP contribution in [0.3, 0.4) is 0 Å². The van der Waals surface area contributed by atoms with Crippen molar-refractivity contribution >= 4 is 39.4 Å². The summed E-state index contributed by atoms with van der Waals surface area (Å²) in [6.45, 7) is 4.37. The highest BCUT2D eigenvalue weighted by atomic mass is 16.5. The van der Waals surface area contributed by atoms with Crippen LogP contribution in [0.5, 0.6) is 5.75 Å². The van der Waals surface area contributed by atoms with Crippen molar-refractivity contribution in [3.8, 4) is 5.75 Å². The van der Waals surface area contributed by atoms with Crippen LogP contribution in [0.4, 0.5) is 5.69 Å². The normalized spacial score (nSPS) is 12.2. The molecule has 0 saturated heterocycles. The molecule has 0 saturated carbocycles. The van der Waals surface area contributed by atoms with Crippen LogP contribution in [-0.4, -0.2) is 24.8 Å². The molecule has 0 aromatic heterocycles. The molecule has 156 valence electrons. The van der Waals surface area contributed by atoms with Crippen LogP contribution >= 0.6 is 0 Å². The number of fused-ring (bicyclic) bond motifs is 2. The van der Waals surface area contributed by atoms with Gasteiger partial charge in [-0.25, -0.2) is 5.43 Å². The van der Waals surface area contributed by atoms with Gasteiger partial charge < -0.3 is 10.1 Å². The van der Waals surface area contributed by atoms with E-state index in [4.69, 9.17) is 4.74 Å². The molecule has 0 aliphatic heterocycles. The summed E-state index contributed by atoms with van der Waals surface area (Å²) >= 11 is 0. The Morgan fingerprint density at radius 3 is 2.19 bits per heavy atom. The van der Waals surface area contributed by atoms with Gasteiger partial charge in [-0.3, -0.25) is 4.79 Å². The van der Waals surface area contributed by atoms with E-state index in [9.17, 15) is 4.79 Å². The van der Waals surface area contributed by atoms with Gasteiger partial charge in [0.1, 0.15) is 11.8 Å². The second-order valence-corrected chi connectivity index (χ2v) is 7.29. The summed E-state index contributed by atoms with van der Waals surface area (Å²) in [5.74, 6) is 0.590. The molecule has 1 atom stereocenters. The second kappa shape index (κ2) is 9.30. The van der Waals surface area contributed by atoms with E-state index in [1.54, 1.807) is 13.1 Å². The number of ether oxygens (including phenoxy) is 1. The lowest BCUT2D eigenvalue weighted by molar-refractivity contribution is -0.121. The molecular weight excluding hydrogens is 386 g/mol. The fourth-order valence-corrected chi connectivity index (χ4v) is 3.57. The van der Waals surface area contributed by atoms with Gasteiger partial charge in [0.05, 0.1) is 12.8 Å². The molecule has 0 bridgehead atoms. The van der Waals surface area contributed by atoms with Gasteiger partial charge in [0.15, 0.2) is 0 Å². The van der Waals surface area contributed by atoms with Gasteiger partial charge in [0.2, 0.25) is 0 Å². The third-order valence-corrected chi connectivity index (χ3v) is 5.12. The Hall–Kier alpha value is -3.86. The van der Waals surface area contributed by atoms with E-state index in [2.05, 4.69) is 46.2 Å². The van der Waals surface area contributed by atoms with Crippen LogP contribution in [0.15, 0.2) is 84.0 Å². The van der Waals surface area contributed by atoms with Crippen LogP contribution in [-0.2, 0) is 4.79 Å². The van der Waals surface area contributed by atoms with Gasteiger partial charge in [0, 0.05) is 11.3 Å². The molecule has 5 nitrogen and oxygen atoms in total. The fourth-order valence-electron chi connectivity index (χ4n) is 3.57. The van der Waals surface area contributed by atoms with Crippen molar-refractivity contribution in [1.29, 1.82) is 0 Å². The number of carbonyl (C=O) groups excluding carboxylic acids is 1. The third kappa shape index (κ3) is 4.67. The highest BCUT2D eigenvalue weighted by molar-refractivity contribution is 6.13. The standard InChI is InChI=1S/C26H25N3O2/c1-3-31-22-14-12-21(13-15-22)28-18(2)26(30)29-27-17-25-23-10-6-4-8-19(23)16-20-9-5-7-11-24(20)25/h4-18,28H,3H2,1-2H3,(H,29,30)/b27-17+. The summed E-state index contributed by atoms with van der Waals surface area (Å²) in [7, 11) is 0. The highest BCUT2D eigenvalue weighted by Crippen LogP contribution is 2.27. The molecule has 1 unspecified atom stereocenters. The van der Waals surface area contributed by atoms with Crippen molar-refractivity contribution < 1.29 is 9.53 Å². The van der Waals surface area contributed by atoms with Crippen LogP contribution < -0.4 is 15.5 Å². The topological polar surface area (TPSA) is 62.7 Å². The number of hydrazone groups is 1. The van der Waals surface area contributed by atoms with Gasteiger partial charge in [-0.2, -0.15) is 5.10 Å². The minimum atomic E-state index is -0.445. The van der Waals surface area contributed by atoms with Crippen LogP contribution in [0.1, 0.15) is 19.4 Å². The Bertz CT molecular complexity index is 1180. The van der Waals surface area contributed by atoms with Gasteiger partial charge in [-0.05, 0) is 65.7 Å². The van der Waals surface area contributed by atoms with Crippen molar-refractivity contribution in [3.63, 3.8) is 0 Å². The number of benzene rings is 4. The summed E-state index contributed by atoms with van der Waals surface area (Å²) < 4.78 is 5.44. The third-order valence-electron chi connectivity index (χ3n) is 5.12. The maximum atomic E-state index is 12.5. The van der Waals surface area contributed by atoms with Crippen molar-refractivity contribution in [3.05, 3.63) is 84.4 Å². The molecule has 4 aromatic carbocycles. The first-order chi connectivity index (χ1) is 15.2. The first kappa shape index (κ1) is 20.4. The average molecular weight is 412 g/mol. The number of nitrogens with zero attached hydrogens (tertiary/aromatic N) is 1. The lowest BCUT2D eigenvalue weighted by Crippen LogP contribution is -2.34. The fraction of sp³-hybridized carbons (Fsp3) is 0.154. The Morgan fingerprint density at radius 1 is 0.968 bits per heavy atom. The van der Waals surface area contributed by atoms with E-state index < -0.39 is 6.04 Å². The van der Waals surface area contributed by atoms with Gasteiger partial charge in [-0.1, -0.05) is 48.5 Å². The van der Waals surface area contributed by atoms with Crippen molar-refractivity contribution in [2.45, 2.75) is 19.9 Å². The molecule has 31 heavy (non-hydrogen) atoms. The molecular formula is C26H25N3O2. The SMILES string of the molecule is CCOc1ccc(NC(C)C(=O)N/N=C/c2c3ccccc3cc3ccccc23)cc1. The largest absolute Gasteiger partial charge is 0.494 e. The lowest BCUT2D eigenvalue weighted by Gasteiger charge is -2.14. The average Bonchev–Trinajstić information content (AvgIpc) is 2.80. The Balaban J connectivity index is 1.48. The smallest absolute Gasteiger partial charge is 0.262 e. The summed E-state index contributed by atoms with van der Waals surface area (Å²) in [5.41, 5.74) is 4.49. The number of carbonyl (C=O) groups is 1. The maximum Gasteiger partial charge on any atom is 0.262 e. The predicted molar refractivity (Wildman–Crippen MR) is 128 cm³/mol. The Labute approximate surface area is 181 Å². The van der Waals surface area contributed by atoms with Gasteiger partial charge in [0.25, 0.3) is 5.91 Å². The summed E-state index contributed by atoms with van der Waals surface area (Å²) in [6.07, 6.45) is 1.73. The maximum absolute atomic E-state index is 12.5. The Morgan fingerprint density at radius 2 is 1.58 bits per heavy atom. The van der Waals surface area contributed by atoms with E-state index >= 15 is 0 Å². The van der Waals surface area contributed by atoms with Crippen LogP contribution in [0.25, 0.3) is 21.5 Å². The molecule has 5 heteroatoms. The molecule has 0 heterocycles. The zero-order valence-corrected chi connectivity index (χ0v) is 17.6. The molecule has 0 spiro atoms.